The third-order valence-corrected chi connectivity index (χ3v) is 1.51. The maximum absolute atomic E-state index is 8.49. The van der Waals surface area contributed by atoms with Crippen molar-refractivity contribution in [3.8, 4) is 0 Å². The maximum Gasteiger partial charge on any atom is 0.156 e. The molecule has 0 atom stereocenters. The molecule has 0 saturated carbocycles. The Morgan fingerprint density at radius 1 is 1.58 bits per heavy atom. The van der Waals surface area contributed by atoms with E-state index < -0.39 is 0 Å². The zero-order valence-electron chi connectivity index (χ0n) is 6.37. The summed E-state index contributed by atoms with van der Waals surface area (Å²) in [6.07, 6.45) is 0. The molecule has 3 N–H and O–H groups in total. The Balaban J connectivity index is 2.72. The number of rotatable bonds is 3. The zero-order valence-corrected chi connectivity index (χ0v) is 7.12. The Morgan fingerprint density at radius 2 is 2.33 bits per heavy atom. The van der Waals surface area contributed by atoms with Gasteiger partial charge in [0.15, 0.2) is 5.15 Å². The van der Waals surface area contributed by atoms with Crippen LogP contribution in [-0.2, 0) is 0 Å². The van der Waals surface area contributed by atoms with Crippen LogP contribution >= 0.6 is 11.6 Å². The monoisotopic (exact) mass is 186 g/mol. The fraction of sp³-hybridized carbons (Fsp3) is 0.286. The third kappa shape index (κ3) is 2.25. The molecule has 0 saturated heterocycles. The molecular weight excluding hydrogens is 178 g/mol. The molecule has 0 spiro atoms. The highest BCUT2D eigenvalue weighted by molar-refractivity contribution is 6.31. The highest BCUT2D eigenvalue weighted by Gasteiger charge is 2.01. The molecule has 0 fully saturated rings. The van der Waals surface area contributed by atoms with E-state index in [1.807, 2.05) is 0 Å². The van der Waals surface area contributed by atoms with Gasteiger partial charge in [0.2, 0.25) is 0 Å². The average molecular weight is 187 g/mol. The summed E-state index contributed by atoms with van der Waals surface area (Å²) in [7, 11) is 0. The van der Waals surface area contributed by atoms with Crippen LogP contribution in [0.25, 0.3) is 0 Å². The van der Waals surface area contributed by atoms with E-state index in [-0.39, 0.29) is 11.8 Å². The lowest BCUT2D eigenvalue weighted by molar-refractivity contribution is 0.298. The summed E-state index contributed by atoms with van der Waals surface area (Å²) in [6, 6.07) is 3.28. The van der Waals surface area contributed by atoms with Crippen LogP contribution in [0.5, 0.6) is 0 Å². The molecule has 1 aromatic heterocycles. The van der Waals surface area contributed by atoms with Gasteiger partial charge in [-0.15, -0.1) is 0 Å². The molecule has 0 amide bonds. The summed E-state index contributed by atoms with van der Waals surface area (Å²) < 4.78 is 0. The molecule has 12 heavy (non-hydrogen) atoms. The Kier molecular flexibility index (Phi) is 3.13. The summed E-state index contributed by atoms with van der Waals surface area (Å²) >= 11 is 5.70. The van der Waals surface area contributed by atoms with E-state index in [1.54, 1.807) is 12.1 Å². The molecule has 0 unspecified atom stereocenters. The summed E-state index contributed by atoms with van der Waals surface area (Å²) in [5, 5.41) is 12.7. The number of hydrogen-bond acceptors (Lipinski definition) is 3. The number of halogens is 1. The fourth-order valence-corrected chi connectivity index (χ4v) is 0.950. The second kappa shape index (κ2) is 4.13. The molecule has 0 aromatic carbocycles. The van der Waals surface area contributed by atoms with Crippen LogP contribution in [0.2, 0.25) is 5.15 Å². The molecular formula is C7H9ClN3O. The molecule has 0 aliphatic carbocycles. The van der Waals surface area contributed by atoms with Gasteiger partial charge in [0.1, 0.15) is 5.82 Å². The second-order valence-corrected chi connectivity index (χ2v) is 2.51. The highest BCUT2D eigenvalue weighted by atomic mass is 35.5. The van der Waals surface area contributed by atoms with Crippen LogP contribution in [0.1, 0.15) is 0 Å². The first-order valence-corrected chi connectivity index (χ1v) is 3.82. The van der Waals surface area contributed by atoms with Gasteiger partial charge < -0.3 is 10.8 Å². The lowest BCUT2D eigenvalue weighted by atomic mass is 10.4. The van der Waals surface area contributed by atoms with Gasteiger partial charge in [-0.05, 0) is 12.1 Å². The number of anilines is 1. The molecule has 4 nitrogen and oxygen atoms in total. The Morgan fingerprint density at radius 3 is 2.92 bits per heavy atom. The quantitative estimate of drug-likeness (QED) is 0.677. The molecule has 65 valence electrons. The first kappa shape index (κ1) is 9.09. The van der Waals surface area contributed by atoms with Crippen molar-refractivity contribution < 1.29 is 5.11 Å². The predicted molar refractivity (Wildman–Crippen MR) is 47.4 cm³/mol. The molecule has 0 bridgehead atoms. The number of pyridine rings is 1. The smallest absolute Gasteiger partial charge is 0.156 e. The molecule has 1 radical (unpaired) electrons. The number of hydrogen-bond donors (Lipinski definition) is 2. The summed E-state index contributed by atoms with van der Waals surface area (Å²) in [6.45, 7) is 0.325. The van der Waals surface area contributed by atoms with Gasteiger partial charge in [0, 0.05) is 0 Å². The van der Waals surface area contributed by atoms with Crippen LogP contribution in [0, 0.1) is 0 Å². The average Bonchev–Trinajstić information content (AvgIpc) is 2.03. The van der Waals surface area contributed by atoms with E-state index in [1.165, 1.54) is 0 Å². The number of aromatic nitrogens is 1. The second-order valence-electron chi connectivity index (χ2n) is 2.15. The molecule has 1 rings (SSSR count). The van der Waals surface area contributed by atoms with E-state index in [0.717, 1.165) is 0 Å². The number of nitrogens with zero attached hydrogens (tertiary/aromatic N) is 2. The largest absolute Gasteiger partial charge is 0.394 e. The van der Waals surface area contributed by atoms with Gasteiger partial charge >= 0.3 is 0 Å². The van der Waals surface area contributed by atoms with Crippen LogP contribution in [-0.4, -0.2) is 23.2 Å². The number of nitrogens with two attached hydrogens (primary N) is 1. The van der Waals surface area contributed by atoms with Crippen LogP contribution in [0.3, 0.4) is 0 Å². The van der Waals surface area contributed by atoms with Gasteiger partial charge in [0.05, 0.1) is 18.8 Å². The predicted octanol–water partition coefficient (Wildman–Crippen LogP) is 0.545. The van der Waals surface area contributed by atoms with Crippen molar-refractivity contribution in [1.29, 1.82) is 0 Å². The summed E-state index contributed by atoms with van der Waals surface area (Å²) in [5.41, 5.74) is 5.93. The third-order valence-electron chi connectivity index (χ3n) is 1.23. The van der Waals surface area contributed by atoms with E-state index in [4.69, 9.17) is 22.4 Å². The van der Waals surface area contributed by atoms with Crippen molar-refractivity contribution in [2.45, 2.75) is 0 Å². The van der Waals surface area contributed by atoms with Crippen molar-refractivity contribution in [2.75, 3.05) is 18.9 Å². The lowest BCUT2D eigenvalue weighted by Crippen LogP contribution is -2.05. The van der Waals surface area contributed by atoms with Gasteiger partial charge in [0.25, 0.3) is 0 Å². The van der Waals surface area contributed by atoms with Crippen LogP contribution < -0.4 is 11.1 Å². The molecule has 5 heteroatoms. The highest BCUT2D eigenvalue weighted by Crippen LogP contribution is 2.19. The first-order chi connectivity index (χ1) is 5.74. The summed E-state index contributed by atoms with van der Waals surface area (Å²) in [4.78, 5) is 3.79. The lowest BCUT2D eigenvalue weighted by Gasteiger charge is -2.02. The van der Waals surface area contributed by atoms with E-state index in [0.29, 0.717) is 18.1 Å². The fourth-order valence-electron chi connectivity index (χ4n) is 0.729. The van der Waals surface area contributed by atoms with Crippen molar-refractivity contribution in [3.63, 3.8) is 0 Å². The van der Waals surface area contributed by atoms with E-state index >= 15 is 0 Å². The number of aliphatic hydroxyl groups is 1. The first-order valence-electron chi connectivity index (χ1n) is 3.44. The minimum atomic E-state index is 0.000700. The number of nitrogen functional groups attached to an aromatic ring is 1. The molecule has 1 heterocycles. The minimum Gasteiger partial charge on any atom is -0.394 e. The normalized spacial score (nSPS) is 9.83. The Bertz CT molecular complexity index is 267. The van der Waals surface area contributed by atoms with E-state index in [9.17, 15) is 0 Å². The number of aliphatic hydroxyl groups excluding tert-OH is 1. The van der Waals surface area contributed by atoms with Gasteiger partial charge in [-0.1, -0.05) is 11.6 Å². The standard InChI is InChI=1S/C7H9ClN3O/c8-7-5(10-3-4-12)1-2-6(9)11-7/h1-2,12H,3-4H2,(H2,9,11). The molecule has 1 aromatic rings. The van der Waals surface area contributed by atoms with Crippen molar-refractivity contribution >= 4 is 23.1 Å². The van der Waals surface area contributed by atoms with Gasteiger partial charge in [-0.25, -0.2) is 4.98 Å². The molecule has 0 aliphatic rings. The SMILES string of the molecule is Nc1ccc([N]CCO)c(Cl)n1. The molecule has 0 aliphatic heterocycles. The Labute approximate surface area is 75.4 Å². The van der Waals surface area contributed by atoms with E-state index in [2.05, 4.69) is 10.3 Å². The minimum absolute atomic E-state index is 0.000700. The van der Waals surface area contributed by atoms with Crippen LogP contribution in [0.4, 0.5) is 11.5 Å². The van der Waals surface area contributed by atoms with Crippen molar-refractivity contribution in [2.24, 2.45) is 0 Å². The van der Waals surface area contributed by atoms with Crippen molar-refractivity contribution in [3.05, 3.63) is 17.3 Å². The Hall–Kier alpha value is -1.00. The maximum atomic E-state index is 8.49. The van der Waals surface area contributed by atoms with Gasteiger partial charge in [-0.2, -0.15) is 0 Å². The summed E-state index contributed by atoms with van der Waals surface area (Å²) in [5.74, 6) is 0.364. The van der Waals surface area contributed by atoms with Crippen molar-refractivity contribution in [1.82, 2.24) is 10.3 Å². The topological polar surface area (TPSA) is 73.2 Å². The van der Waals surface area contributed by atoms with Gasteiger partial charge in [-0.3, -0.25) is 5.32 Å². The zero-order chi connectivity index (χ0) is 8.97. The van der Waals surface area contributed by atoms with Crippen LogP contribution in [0.15, 0.2) is 12.1 Å².